The zero-order valence-electron chi connectivity index (χ0n) is 8.37. The predicted molar refractivity (Wildman–Crippen MR) is 59.6 cm³/mol. The van der Waals surface area contributed by atoms with Crippen LogP contribution in [0.5, 0.6) is 0 Å². The Morgan fingerprint density at radius 1 is 1.19 bits per heavy atom. The van der Waals surface area contributed by atoms with Crippen LogP contribution in [0, 0.1) is 0 Å². The van der Waals surface area contributed by atoms with Gasteiger partial charge < -0.3 is 4.52 Å². The van der Waals surface area contributed by atoms with Crippen molar-refractivity contribution < 1.29 is 9.32 Å². The number of aromatic nitrogens is 1. The van der Waals surface area contributed by atoms with E-state index in [1.54, 1.807) is 12.1 Å². The first-order chi connectivity index (χ1) is 7.75. The molecule has 0 radical (unpaired) electrons. The molecule has 4 heteroatoms. The van der Waals surface area contributed by atoms with Crippen molar-refractivity contribution in [1.29, 1.82) is 0 Å². The summed E-state index contributed by atoms with van der Waals surface area (Å²) in [5, 5.41) is 4.61. The number of benzene rings is 1. The first-order valence-corrected chi connectivity index (χ1v) is 5.41. The van der Waals surface area contributed by atoms with Gasteiger partial charge in [0.15, 0.2) is 5.78 Å². The largest absolute Gasteiger partial charge is 0.360 e. The van der Waals surface area contributed by atoms with Crippen molar-refractivity contribution in [2.24, 2.45) is 0 Å². The van der Waals surface area contributed by atoms with E-state index in [1.807, 2.05) is 12.1 Å². The molecule has 0 saturated heterocycles. The smallest absolute Gasteiger partial charge is 0.169 e. The van der Waals surface area contributed by atoms with Crippen molar-refractivity contribution in [1.82, 2.24) is 5.16 Å². The lowest BCUT2D eigenvalue weighted by atomic mass is 10.1. The molecule has 0 amide bonds. The van der Waals surface area contributed by atoms with Gasteiger partial charge in [-0.3, -0.25) is 4.79 Å². The van der Waals surface area contributed by atoms with Crippen molar-refractivity contribution in [3.8, 4) is 11.3 Å². The number of carbonyl (C=O) groups is 1. The summed E-state index contributed by atoms with van der Waals surface area (Å²) in [6.45, 7) is 0. The monoisotopic (exact) mass is 233 g/mol. The fourth-order valence-electron chi connectivity index (χ4n) is 1.94. The minimum atomic E-state index is 0.112. The lowest BCUT2D eigenvalue weighted by Crippen LogP contribution is -1.93. The van der Waals surface area contributed by atoms with Crippen LogP contribution in [0.15, 0.2) is 28.8 Å². The second-order valence-corrected chi connectivity index (χ2v) is 4.20. The van der Waals surface area contributed by atoms with Gasteiger partial charge in [0, 0.05) is 23.4 Å². The van der Waals surface area contributed by atoms with E-state index in [4.69, 9.17) is 16.1 Å². The molecule has 0 N–H and O–H groups in total. The highest BCUT2D eigenvalue weighted by molar-refractivity contribution is 6.30. The van der Waals surface area contributed by atoms with Gasteiger partial charge in [0.1, 0.15) is 11.5 Å². The van der Waals surface area contributed by atoms with Crippen molar-refractivity contribution in [2.45, 2.75) is 12.8 Å². The molecule has 80 valence electrons. The molecule has 0 saturated carbocycles. The molecule has 0 unspecified atom stereocenters. The zero-order chi connectivity index (χ0) is 11.1. The predicted octanol–water partition coefficient (Wildman–Crippen LogP) is 3.12. The van der Waals surface area contributed by atoms with E-state index in [0.717, 1.165) is 5.56 Å². The summed E-state index contributed by atoms with van der Waals surface area (Å²) in [6, 6.07) is 7.23. The molecule has 1 aromatic carbocycles. The zero-order valence-corrected chi connectivity index (χ0v) is 9.12. The number of aryl methyl sites for hydroxylation is 1. The Kier molecular flexibility index (Phi) is 2.07. The van der Waals surface area contributed by atoms with Gasteiger partial charge in [-0.2, -0.15) is 0 Å². The standard InChI is InChI=1S/C12H8ClNO2/c13-8-3-1-7(2-4-8)12-11-9(15)5-6-10(11)16-14-12/h1-4H,5-6H2. The van der Waals surface area contributed by atoms with Gasteiger partial charge in [0.05, 0.1) is 5.56 Å². The SMILES string of the molecule is O=C1CCc2onc(-c3ccc(Cl)cc3)c21. The van der Waals surface area contributed by atoms with Crippen LogP contribution < -0.4 is 0 Å². The molecule has 0 bridgehead atoms. The topological polar surface area (TPSA) is 43.1 Å². The molecule has 0 aliphatic heterocycles. The summed E-state index contributed by atoms with van der Waals surface area (Å²) in [4.78, 5) is 11.7. The molecular formula is C12H8ClNO2. The van der Waals surface area contributed by atoms with E-state index in [-0.39, 0.29) is 5.78 Å². The molecule has 1 aliphatic carbocycles. The number of hydrogen-bond donors (Lipinski definition) is 0. The number of halogens is 1. The number of carbonyl (C=O) groups excluding carboxylic acids is 1. The first-order valence-electron chi connectivity index (χ1n) is 5.03. The Morgan fingerprint density at radius 3 is 2.69 bits per heavy atom. The van der Waals surface area contributed by atoms with E-state index < -0.39 is 0 Å². The Morgan fingerprint density at radius 2 is 1.94 bits per heavy atom. The number of fused-ring (bicyclic) bond motifs is 1. The first kappa shape index (κ1) is 9.60. The Labute approximate surface area is 97.0 Å². The van der Waals surface area contributed by atoms with Gasteiger partial charge >= 0.3 is 0 Å². The molecule has 0 atom stereocenters. The summed E-state index contributed by atoms with van der Waals surface area (Å²) in [5.74, 6) is 0.816. The van der Waals surface area contributed by atoms with Crippen molar-refractivity contribution >= 4 is 17.4 Å². The Hall–Kier alpha value is -1.61. The summed E-state index contributed by atoms with van der Waals surface area (Å²) in [6.07, 6.45) is 1.19. The van der Waals surface area contributed by atoms with Gasteiger partial charge in [-0.25, -0.2) is 0 Å². The van der Waals surface area contributed by atoms with Gasteiger partial charge in [0.25, 0.3) is 0 Å². The third-order valence-corrected chi connectivity index (χ3v) is 2.99. The normalized spacial score (nSPS) is 14.2. The second kappa shape index (κ2) is 3.46. The maximum Gasteiger partial charge on any atom is 0.169 e. The van der Waals surface area contributed by atoms with E-state index in [2.05, 4.69) is 5.16 Å². The van der Waals surface area contributed by atoms with Gasteiger partial charge in [0.2, 0.25) is 0 Å². The van der Waals surface area contributed by atoms with Crippen molar-refractivity contribution in [3.63, 3.8) is 0 Å². The Bertz CT molecular complexity index is 557. The average Bonchev–Trinajstić information content (AvgIpc) is 2.84. The van der Waals surface area contributed by atoms with Crippen LogP contribution in [0.3, 0.4) is 0 Å². The number of nitrogens with zero attached hydrogens (tertiary/aromatic N) is 1. The third kappa shape index (κ3) is 1.36. The molecule has 16 heavy (non-hydrogen) atoms. The average molecular weight is 234 g/mol. The summed E-state index contributed by atoms with van der Waals surface area (Å²) in [7, 11) is 0. The van der Waals surface area contributed by atoms with E-state index in [0.29, 0.717) is 34.9 Å². The summed E-state index contributed by atoms with van der Waals surface area (Å²) >= 11 is 5.81. The van der Waals surface area contributed by atoms with Crippen LogP contribution in [0.1, 0.15) is 22.5 Å². The Balaban J connectivity index is 2.14. The lowest BCUT2D eigenvalue weighted by Gasteiger charge is -1.97. The highest BCUT2D eigenvalue weighted by Crippen LogP contribution is 2.32. The van der Waals surface area contributed by atoms with Crippen LogP contribution in [0.2, 0.25) is 5.02 Å². The summed E-state index contributed by atoms with van der Waals surface area (Å²) in [5.41, 5.74) is 2.14. The molecule has 1 aromatic heterocycles. The summed E-state index contributed by atoms with van der Waals surface area (Å²) < 4.78 is 5.16. The number of hydrogen-bond acceptors (Lipinski definition) is 3. The quantitative estimate of drug-likeness (QED) is 0.760. The van der Waals surface area contributed by atoms with Crippen LogP contribution >= 0.6 is 11.6 Å². The molecule has 3 nitrogen and oxygen atoms in total. The van der Waals surface area contributed by atoms with Gasteiger partial charge in [-0.15, -0.1) is 0 Å². The minimum absolute atomic E-state index is 0.112. The number of rotatable bonds is 1. The van der Waals surface area contributed by atoms with Crippen molar-refractivity contribution in [2.75, 3.05) is 0 Å². The maximum atomic E-state index is 11.7. The molecule has 3 rings (SSSR count). The molecular weight excluding hydrogens is 226 g/mol. The van der Waals surface area contributed by atoms with Crippen LogP contribution in [0.25, 0.3) is 11.3 Å². The number of ketones is 1. The number of Topliss-reactive ketones (excluding diaryl/α,β-unsaturated/α-hetero) is 1. The van der Waals surface area contributed by atoms with Crippen LogP contribution in [-0.4, -0.2) is 10.9 Å². The molecule has 1 aliphatic rings. The molecule has 0 spiro atoms. The lowest BCUT2D eigenvalue weighted by molar-refractivity contribution is 0.0995. The van der Waals surface area contributed by atoms with E-state index in [9.17, 15) is 4.79 Å². The van der Waals surface area contributed by atoms with Crippen LogP contribution in [-0.2, 0) is 6.42 Å². The highest BCUT2D eigenvalue weighted by Gasteiger charge is 2.29. The second-order valence-electron chi connectivity index (χ2n) is 3.76. The molecule has 0 fully saturated rings. The van der Waals surface area contributed by atoms with Gasteiger partial charge in [-0.1, -0.05) is 28.9 Å². The van der Waals surface area contributed by atoms with Crippen LogP contribution in [0.4, 0.5) is 0 Å². The maximum absolute atomic E-state index is 11.7. The van der Waals surface area contributed by atoms with Gasteiger partial charge in [-0.05, 0) is 12.1 Å². The minimum Gasteiger partial charge on any atom is -0.360 e. The molecule has 1 heterocycles. The van der Waals surface area contributed by atoms with E-state index >= 15 is 0 Å². The fraction of sp³-hybridized carbons (Fsp3) is 0.167. The molecule has 2 aromatic rings. The van der Waals surface area contributed by atoms with E-state index in [1.165, 1.54) is 0 Å². The third-order valence-electron chi connectivity index (χ3n) is 2.74. The fourth-order valence-corrected chi connectivity index (χ4v) is 2.07. The van der Waals surface area contributed by atoms with Crippen molar-refractivity contribution in [3.05, 3.63) is 40.6 Å². The highest BCUT2D eigenvalue weighted by atomic mass is 35.5.